The molecule has 2 N–H and O–H groups in total. The van der Waals surface area contributed by atoms with Crippen molar-refractivity contribution in [2.45, 2.75) is 38.9 Å². The molecule has 2 atom stereocenters. The van der Waals surface area contributed by atoms with Crippen LogP contribution in [0, 0.1) is 11.7 Å². The van der Waals surface area contributed by atoms with Gasteiger partial charge in [-0.3, -0.25) is 4.98 Å². The summed E-state index contributed by atoms with van der Waals surface area (Å²) in [6.07, 6.45) is 3.92. The summed E-state index contributed by atoms with van der Waals surface area (Å²) in [5.41, 5.74) is 1.81. The summed E-state index contributed by atoms with van der Waals surface area (Å²) in [6, 6.07) is 10.9. The lowest BCUT2D eigenvalue weighted by Gasteiger charge is -2.27. The second kappa shape index (κ2) is 10.3. The van der Waals surface area contributed by atoms with Gasteiger partial charge in [0.15, 0.2) is 5.82 Å². The number of hydrogen-bond acceptors (Lipinski definition) is 8. The van der Waals surface area contributed by atoms with Gasteiger partial charge in [-0.05, 0) is 71.6 Å². The summed E-state index contributed by atoms with van der Waals surface area (Å²) >= 11 is 0. The molecule has 2 aromatic carbocycles. The van der Waals surface area contributed by atoms with Crippen molar-refractivity contribution in [2.75, 3.05) is 43.9 Å². The van der Waals surface area contributed by atoms with Crippen molar-refractivity contribution in [2.24, 2.45) is 5.92 Å². The van der Waals surface area contributed by atoms with Crippen LogP contribution in [0.25, 0.3) is 21.8 Å². The third-order valence-corrected chi connectivity index (χ3v) is 7.16. The van der Waals surface area contributed by atoms with Crippen molar-refractivity contribution >= 4 is 39.0 Å². The Kier molecular flexibility index (Phi) is 7.07. The van der Waals surface area contributed by atoms with Crippen molar-refractivity contribution < 1.29 is 14.2 Å². The van der Waals surface area contributed by atoms with Crippen molar-refractivity contribution in [3.63, 3.8) is 0 Å². The van der Waals surface area contributed by atoms with E-state index in [4.69, 9.17) is 4.74 Å². The number of rotatable bonds is 8. The number of nitrogens with zero attached hydrogens (tertiary/aromatic N) is 5. The molecule has 200 valence electrons. The fourth-order valence-electron chi connectivity index (χ4n) is 5.19. The second-order valence-electron chi connectivity index (χ2n) is 11.0. The van der Waals surface area contributed by atoms with Gasteiger partial charge in [-0.2, -0.15) is 0 Å². The number of benzene rings is 2. The normalized spacial score (nSPS) is 16.9. The van der Waals surface area contributed by atoms with Crippen LogP contribution in [0.15, 0.2) is 48.9 Å². The number of ether oxygens (including phenoxy) is 1. The molecule has 1 aliphatic rings. The average molecular weight is 519 g/mol. The minimum atomic E-state index is -0.746. The van der Waals surface area contributed by atoms with Crippen LogP contribution in [0.2, 0.25) is 0 Å². The molecule has 1 saturated heterocycles. The number of hydrogen-bond donors (Lipinski definition) is 2. The molecule has 9 heteroatoms. The molecule has 38 heavy (non-hydrogen) atoms. The monoisotopic (exact) mass is 518 g/mol. The van der Waals surface area contributed by atoms with Crippen molar-refractivity contribution in [3.8, 4) is 5.75 Å². The Labute approximate surface area is 222 Å². The molecule has 5 rings (SSSR count). The molecule has 0 radical (unpaired) electrons. The van der Waals surface area contributed by atoms with Gasteiger partial charge in [0, 0.05) is 48.9 Å². The summed E-state index contributed by atoms with van der Waals surface area (Å²) < 4.78 is 21.9. The first kappa shape index (κ1) is 26.1. The van der Waals surface area contributed by atoms with Gasteiger partial charge in [0.05, 0.1) is 27.7 Å². The van der Waals surface area contributed by atoms with E-state index in [2.05, 4.69) is 30.1 Å². The minimum Gasteiger partial charge on any atom is -0.488 e. The molecule has 1 aliphatic heterocycles. The van der Waals surface area contributed by atoms with Gasteiger partial charge in [0.1, 0.15) is 24.0 Å². The minimum absolute atomic E-state index is 0.109. The Balaban J connectivity index is 1.57. The van der Waals surface area contributed by atoms with Crippen molar-refractivity contribution in [3.05, 3.63) is 54.7 Å². The van der Waals surface area contributed by atoms with Gasteiger partial charge in [-0.15, -0.1) is 0 Å². The lowest BCUT2D eigenvalue weighted by atomic mass is 9.90. The highest BCUT2D eigenvalue weighted by Crippen LogP contribution is 2.39. The molecule has 0 amide bonds. The predicted octanol–water partition coefficient (Wildman–Crippen LogP) is 4.99. The predicted molar refractivity (Wildman–Crippen MR) is 150 cm³/mol. The van der Waals surface area contributed by atoms with Gasteiger partial charge in [-0.1, -0.05) is 0 Å². The van der Waals surface area contributed by atoms with E-state index >= 15 is 4.39 Å². The molecule has 4 aromatic rings. The van der Waals surface area contributed by atoms with Gasteiger partial charge in [0.2, 0.25) is 0 Å². The Morgan fingerprint density at radius 1 is 1.18 bits per heavy atom. The highest BCUT2D eigenvalue weighted by atomic mass is 19.1. The van der Waals surface area contributed by atoms with E-state index in [9.17, 15) is 5.11 Å². The molecule has 0 unspecified atom stereocenters. The summed E-state index contributed by atoms with van der Waals surface area (Å²) in [5.74, 6) is 0.872. The van der Waals surface area contributed by atoms with E-state index in [1.165, 1.54) is 6.33 Å². The Morgan fingerprint density at radius 2 is 2.00 bits per heavy atom. The molecule has 0 aliphatic carbocycles. The number of likely N-dealkylation sites (N-methyl/N-ethyl adjacent to an activating group) is 1. The largest absolute Gasteiger partial charge is 0.488 e. The molecule has 2 aromatic heterocycles. The molecular weight excluding hydrogens is 483 g/mol. The van der Waals surface area contributed by atoms with Gasteiger partial charge in [-0.25, -0.2) is 14.4 Å². The number of anilines is 3. The van der Waals surface area contributed by atoms with Crippen LogP contribution in [0.4, 0.5) is 21.6 Å². The first-order valence-electron chi connectivity index (χ1n) is 13.0. The highest BCUT2D eigenvalue weighted by molar-refractivity contribution is 5.98. The fourth-order valence-corrected chi connectivity index (χ4v) is 5.19. The molecule has 0 bridgehead atoms. The summed E-state index contributed by atoms with van der Waals surface area (Å²) in [5, 5.41) is 14.9. The van der Waals surface area contributed by atoms with Crippen LogP contribution in [0.3, 0.4) is 0 Å². The number of halogens is 1. The number of nitrogens with one attached hydrogen (secondary N) is 1. The molecule has 1 fully saturated rings. The molecule has 0 saturated carbocycles. The van der Waals surface area contributed by atoms with Crippen LogP contribution in [-0.4, -0.2) is 70.4 Å². The standard InChI is InChI=1S/C29H35FN6O2/c1-18(15-35(4)5)38-25-14-20(36-12-10-19(16-36)29(2,3)37)13-24-26(25)28(33-17-32-24)34-23-9-8-22-21(27(23)30)7-6-11-31-22/h6-9,11,13-14,17-19,37H,10,12,15-16H2,1-5H3,(H,32,33,34)/t18-,19+/m1/s1. The SMILES string of the molecule is C[C@H](CN(C)C)Oc1cc(N2CC[C@H](C(C)(C)O)C2)cc2ncnc(Nc3ccc4ncccc4c3F)c12. The number of aliphatic hydroxyl groups is 1. The van der Waals surface area contributed by atoms with Crippen LogP contribution < -0.4 is 15.0 Å². The Hall–Kier alpha value is -3.56. The molecule has 0 spiro atoms. The lowest BCUT2D eigenvalue weighted by Crippen LogP contribution is -2.33. The Bertz CT molecular complexity index is 1450. The number of pyridine rings is 1. The van der Waals surface area contributed by atoms with E-state index in [0.717, 1.165) is 31.7 Å². The fraction of sp³-hybridized carbons (Fsp3) is 0.414. The smallest absolute Gasteiger partial charge is 0.156 e. The third kappa shape index (κ3) is 5.35. The summed E-state index contributed by atoms with van der Waals surface area (Å²) in [4.78, 5) is 17.6. The van der Waals surface area contributed by atoms with Crippen molar-refractivity contribution in [1.82, 2.24) is 19.9 Å². The van der Waals surface area contributed by atoms with E-state index < -0.39 is 11.4 Å². The zero-order valence-electron chi connectivity index (χ0n) is 22.6. The average Bonchev–Trinajstić information content (AvgIpc) is 3.37. The van der Waals surface area contributed by atoms with Gasteiger partial charge in [0.25, 0.3) is 0 Å². The Morgan fingerprint density at radius 3 is 2.74 bits per heavy atom. The maximum atomic E-state index is 15.4. The second-order valence-corrected chi connectivity index (χ2v) is 11.0. The quantitative estimate of drug-likeness (QED) is 0.338. The highest BCUT2D eigenvalue weighted by Gasteiger charge is 2.34. The summed E-state index contributed by atoms with van der Waals surface area (Å²) in [6.45, 7) is 8.05. The third-order valence-electron chi connectivity index (χ3n) is 7.16. The molecular formula is C29H35FN6O2. The first-order valence-corrected chi connectivity index (χ1v) is 13.0. The maximum absolute atomic E-state index is 15.4. The maximum Gasteiger partial charge on any atom is 0.156 e. The van der Waals surface area contributed by atoms with Gasteiger partial charge >= 0.3 is 0 Å². The van der Waals surface area contributed by atoms with Crippen LogP contribution in [0.1, 0.15) is 27.2 Å². The zero-order valence-corrected chi connectivity index (χ0v) is 22.6. The number of aromatic nitrogens is 3. The first-order chi connectivity index (χ1) is 18.1. The van der Waals surface area contributed by atoms with E-state index in [1.807, 2.05) is 47.0 Å². The van der Waals surface area contributed by atoms with Crippen LogP contribution in [-0.2, 0) is 0 Å². The van der Waals surface area contributed by atoms with Crippen molar-refractivity contribution in [1.29, 1.82) is 0 Å². The molecule has 3 heterocycles. The summed E-state index contributed by atoms with van der Waals surface area (Å²) in [7, 11) is 4.01. The lowest BCUT2D eigenvalue weighted by molar-refractivity contribution is 0.0263. The van der Waals surface area contributed by atoms with E-state index in [0.29, 0.717) is 39.1 Å². The molecule has 8 nitrogen and oxygen atoms in total. The van der Waals surface area contributed by atoms with E-state index in [1.54, 1.807) is 30.5 Å². The van der Waals surface area contributed by atoms with Crippen LogP contribution in [0.5, 0.6) is 5.75 Å². The number of fused-ring (bicyclic) bond motifs is 2. The van der Waals surface area contributed by atoms with E-state index in [-0.39, 0.29) is 12.0 Å². The van der Waals surface area contributed by atoms with Crippen LogP contribution >= 0.6 is 0 Å². The van der Waals surface area contributed by atoms with Gasteiger partial charge < -0.3 is 25.0 Å². The zero-order chi connectivity index (χ0) is 27.0. The topological polar surface area (TPSA) is 86.6 Å².